The Hall–Kier alpha value is -3.39. The van der Waals surface area contributed by atoms with Crippen molar-refractivity contribution in [1.29, 1.82) is 0 Å². The van der Waals surface area contributed by atoms with E-state index in [1.165, 1.54) is 23.0 Å². The summed E-state index contributed by atoms with van der Waals surface area (Å²) in [4.78, 5) is 16.2. The number of rotatable bonds is 7. The Morgan fingerprint density at radius 2 is 2.21 bits per heavy atom. The van der Waals surface area contributed by atoms with Gasteiger partial charge >= 0.3 is 12.5 Å². The predicted molar refractivity (Wildman–Crippen MR) is 110 cm³/mol. The Morgan fingerprint density at radius 3 is 2.97 bits per heavy atom. The molecule has 1 saturated carbocycles. The van der Waals surface area contributed by atoms with Crippen LogP contribution in [0, 0.1) is 0 Å². The molecule has 1 saturated heterocycles. The number of fused-ring (bicyclic) bond motifs is 1. The molecule has 2 atom stereocenters. The van der Waals surface area contributed by atoms with E-state index in [1.807, 2.05) is 6.92 Å². The topological polar surface area (TPSA) is 128 Å². The van der Waals surface area contributed by atoms with E-state index in [2.05, 4.69) is 35.7 Å². The lowest BCUT2D eigenvalue weighted by Crippen LogP contribution is -2.37. The van der Waals surface area contributed by atoms with Crippen molar-refractivity contribution in [2.45, 2.75) is 56.9 Å². The fourth-order valence-corrected chi connectivity index (χ4v) is 3.62. The number of nitrogens with one attached hydrogen (secondary N) is 3. The van der Waals surface area contributed by atoms with E-state index < -0.39 is 19.1 Å². The number of carbonyl (C=O) groups excluding carboxylic acids is 1. The molecule has 0 spiro atoms. The van der Waals surface area contributed by atoms with Gasteiger partial charge in [-0.2, -0.15) is 10.2 Å². The molecule has 1 aliphatic heterocycles. The summed E-state index contributed by atoms with van der Waals surface area (Å²) in [5.41, 5.74) is 1.08. The summed E-state index contributed by atoms with van der Waals surface area (Å²) in [6, 6.07) is 3.18. The smallest absolute Gasteiger partial charge is 0.444 e. The largest absolute Gasteiger partial charge is 0.522 e. The van der Waals surface area contributed by atoms with E-state index in [0.717, 1.165) is 12.8 Å². The van der Waals surface area contributed by atoms with Gasteiger partial charge < -0.3 is 20.1 Å². The van der Waals surface area contributed by atoms with Gasteiger partial charge in [-0.25, -0.2) is 14.3 Å². The van der Waals surface area contributed by atoms with E-state index >= 15 is 0 Å². The Bertz CT molecular complexity index is 1190. The standard InChI is InChI=1S/C20H22F3N7O4/c1-19(2-3-19)26-18(31)34-12-7-15(32-10-12)13-8-16(28-27-13)25-17-14-6-11(9-33-20(21,22)23)29-30(14)5-4-24-17/h4-6,8,12,15H,2-3,7,9-10H2,1H3,(H,26,31)(H2,24,25,27,28)/t12-,15-/m0/s1. The fraction of sp³-hybridized carbons (Fsp3) is 0.500. The average Bonchev–Trinajstić information content (AvgIpc) is 3.19. The van der Waals surface area contributed by atoms with Crippen molar-refractivity contribution in [2.75, 3.05) is 11.9 Å². The maximum absolute atomic E-state index is 12.3. The van der Waals surface area contributed by atoms with Crippen LogP contribution >= 0.6 is 0 Å². The molecule has 0 radical (unpaired) electrons. The second-order valence-electron chi connectivity index (χ2n) is 8.58. The van der Waals surface area contributed by atoms with E-state index in [4.69, 9.17) is 9.47 Å². The predicted octanol–water partition coefficient (Wildman–Crippen LogP) is 3.34. The van der Waals surface area contributed by atoms with Crippen LogP contribution in [-0.2, 0) is 20.8 Å². The third kappa shape index (κ3) is 5.22. The van der Waals surface area contributed by atoms with Crippen LogP contribution in [0.15, 0.2) is 24.5 Å². The Morgan fingerprint density at radius 1 is 1.38 bits per heavy atom. The molecule has 14 heteroatoms. The van der Waals surface area contributed by atoms with Crippen LogP contribution in [0.3, 0.4) is 0 Å². The SMILES string of the molecule is CC1(NC(=O)O[C@@H]2CO[C@H](c3cc(Nc4nccn5nc(COC(F)(F)F)cc45)n[nH]3)C2)CC1. The number of H-pyrrole nitrogens is 1. The summed E-state index contributed by atoms with van der Waals surface area (Å²) in [5.74, 6) is 0.780. The highest BCUT2D eigenvalue weighted by molar-refractivity contribution is 5.72. The monoisotopic (exact) mass is 481 g/mol. The lowest BCUT2D eigenvalue weighted by Gasteiger charge is -2.15. The molecule has 3 N–H and O–H groups in total. The van der Waals surface area contributed by atoms with Gasteiger partial charge in [0, 0.05) is 30.4 Å². The highest BCUT2D eigenvalue weighted by Crippen LogP contribution is 2.35. The van der Waals surface area contributed by atoms with Crippen molar-refractivity contribution >= 4 is 23.2 Å². The van der Waals surface area contributed by atoms with Crippen LogP contribution in [0.4, 0.5) is 29.6 Å². The first-order valence-corrected chi connectivity index (χ1v) is 10.6. The summed E-state index contributed by atoms with van der Waals surface area (Å²) >= 11 is 0. The summed E-state index contributed by atoms with van der Waals surface area (Å²) in [6.45, 7) is 1.53. The number of alkyl halides is 3. The lowest BCUT2D eigenvalue weighted by molar-refractivity contribution is -0.330. The zero-order chi connectivity index (χ0) is 23.9. The van der Waals surface area contributed by atoms with E-state index in [1.54, 1.807) is 6.07 Å². The molecule has 34 heavy (non-hydrogen) atoms. The highest BCUT2D eigenvalue weighted by atomic mass is 19.4. The number of hydrogen-bond donors (Lipinski definition) is 3. The second-order valence-corrected chi connectivity index (χ2v) is 8.58. The minimum absolute atomic E-state index is 0.0983. The van der Waals surface area contributed by atoms with Crippen LogP contribution < -0.4 is 10.6 Å². The molecule has 3 aromatic rings. The molecule has 4 heterocycles. The third-order valence-electron chi connectivity index (χ3n) is 5.65. The maximum atomic E-state index is 12.3. The van der Waals surface area contributed by atoms with E-state index in [-0.39, 0.29) is 30.0 Å². The van der Waals surface area contributed by atoms with Crippen molar-refractivity contribution in [3.8, 4) is 0 Å². The number of hydrogen-bond acceptors (Lipinski definition) is 8. The van der Waals surface area contributed by atoms with Gasteiger partial charge in [0.05, 0.1) is 18.0 Å². The van der Waals surface area contributed by atoms with Gasteiger partial charge in [0.1, 0.15) is 24.3 Å². The first-order valence-electron chi connectivity index (χ1n) is 10.6. The number of halogens is 3. The zero-order valence-corrected chi connectivity index (χ0v) is 18.1. The molecule has 1 amide bonds. The van der Waals surface area contributed by atoms with Crippen molar-refractivity contribution < 1.29 is 32.2 Å². The molecule has 0 aromatic carbocycles. The van der Waals surface area contributed by atoms with Gasteiger partial charge in [0.25, 0.3) is 0 Å². The second kappa shape index (κ2) is 8.43. The summed E-state index contributed by atoms with van der Waals surface area (Å²) in [7, 11) is 0. The van der Waals surface area contributed by atoms with Crippen molar-refractivity contribution in [3.05, 3.63) is 35.9 Å². The molecule has 2 fully saturated rings. The number of nitrogens with zero attached hydrogens (tertiary/aromatic N) is 4. The van der Waals surface area contributed by atoms with Crippen molar-refractivity contribution in [3.63, 3.8) is 0 Å². The quantitative estimate of drug-likeness (QED) is 0.469. The van der Waals surface area contributed by atoms with Crippen LogP contribution in [0.2, 0.25) is 0 Å². The number of aromatic nitrogens is 5. The number of anilines is 2. The number of ether oxygens (including phenoxy) is 3. The number of amides is 1. The third-order valence-corrected chi connectivity index (χ3v) is 5.65. The van der Waals surface area contributed by atoms with Gasteiger partial charge in [-0.3, -0.25) is 9.84 Å². The van der Waals surface area contributed by atoms with Crippen LogP contribution in [0.1, 0.15) is 43.7 Å². The van der Waals surface area contributed by atoms with E-state index in [0.29, 0.717) is 29.3 Å². The molecule has 0 bridgehead atoms. The molecular weight excluding hydrogens is 459 g/mol. The molecule has 11 nitrogen and oxygen atoms in total. The first-order chi connectivity index (χ1) is 16.2. The molecule has 3 aromatic heterocycles. The van der Waals surface area contributed by atoms with Gasteiger partial charge in [0.15, 0.2) is 11.6 Å². The van der Waals surface area contributed by atoms with Gasteiger partial charge in [-0.15, -0.1) is 13.2 Å². The van der Waals surface area contributed by atoms with Crippen LogP contribution in [-0.4, -0.2) is 55.5 Å². The number of alkyl carbamates (subject to hydrolysis) is 1. The Labute approximate surface area is 191 Å². The number of aromatic amines is 1. The average molecular weight is 481 g/mol. The van der Waals surface area contributed by atoms with Crippen LogP contribution in [0.25, 0.3) is 5.52 Å². The molecule has 1 aliphatic carbocycles. The molecule has 182 valence electrons. The first kappa shape index (κ1) is 22.4. The fourth-order valence-electron chi connectivity index (χ4n) is 3.62. The summed E-state index contributed by atoms with van der Waals surface area (Å²) in [5, 5.41) is 17.0. The van der Waals surface area contributed by atoms with Gasteiger partial charge in [-0.1, -0.05) is 0 Å². The highest BCUT2D eigenvalue weighted by Gasteiger charge is 2.40. The van der Waals surface area contributed by atoms with Crippen molar-refractivity contribution in [1.82, 2.24) is 30.1 Å². The Kier molecular flexibility index (Phi) is 5.56. The lowest BCUT2D eigenvalue weighted by atomic mass is 10.1. The van der Waals surface area contributed by atoms with Gasteiger partial charge in [-0.05, 0) is 25.8 Å². The number of carbonyl (C=O) groups is 1. The van der Waals surface area contributed by atoms with E-state index in [9.17, 15) is 18.0 Å². The molecule has 0 unspecified atom stereocenters. The molecular formula is C20H22F3N7O4. The van der Waals surface area contributed by atoms with Crippen molar-refractivity contribution in [2.24, 2.45) is 0 Å². The van der Waals surface area contributed by atoms with Gasteiger partial charge in [0.2, 0.25) is 0 Å². The minimum atomic E-state index is -4.74. The molecule has 2 aliphatic rings. The summed E-state index contributed by atoms with van der Waals surface area (Å²) in [6.07, 6.45) is -0.549. The molecule has 5 rings (SSSR count). The zero-order valence-electron chi connectivity index (χ0n) is 18.1. The maximum Gasteiger partial charge on any atom is 0.522 e. The summed E-state index contributed by atoms with van der Waals surface area (Å²) < 4.78 is 53.4. The van der Waals surface area contributed by atoms with Crippen LogP contribution in [0.5, 0.6) is 0 Å². The normalized spacial score (nSPS) is 21.5. The Balaban J connectivity index is 1.21. The minimum Gasteiger partial charge on any atom is -0.444 e.